The van der Waals surface area contributed by atoms with Crippen molar-refractivity contribution in [2.45, 2.75) is 6.18 Å². The smallest absolute Gasteiger partial charge is 0.364 e. The standard InChI is InChI=1S/C22H15ClF3N5O2/c23-14-8-5-12(22(24,25)26)10-16(14)31-21(33)29-13-6-3-11(4-7-13)17-18-15(2-1-9-28-18)30-19(17)20(27)32/h1-10,30H,(H2,27,32)(H2,29,31,33). The number of urea groups is 1. The molecule has 168 valence electrons. The largest absolute Gasteiger partial charge is 0.416 e. The first-order valence-electron chi connectivity index (χ1n) is 9.45. The van der Waals surface area contributed by atoms with Crippen LogP contribution in [0, 0.1) is 0 Å². The van der Waals surface area contributed by atoms with Gasteiger partial charge in [0.25, 0.3) is 5.91 Å². The second-order valence-corrected chi connectivity index (χ2v) is 7.39. The Morgan fingerprint density at radius 3 is 2.42 bits per heavy atom. The van der Waals surface area contributed by atoms with Crippen molar-refractivity contribution in [3.05, 3.63) is 77.1 Å². The van der Waals surface area contributed by atoms with Crippen LogP contribution in [0.3, 0.4) is 0 Å². The molecular weight excluding hydrogens is 459 g/mol. The molecular formula is C22H15ClF3N5O2. The predicted molar refractivity (Wildman–Crippen MR) is 119 cm³/mol. The van der Waals surface area contributed by atoms with Gasteiger partial charge in [0, 0.05) is 17.4 Å². The number of nitrogens with one attached hydrogen (secondary N) is 3. The summed E-state index contributed by atoms with van der Waals surface area (Å²) in [5.41, 5.74) is 7.26. The number of halogens is 4. The van der Waals surface area contributed by atoms with Gasteiger partial charge in [-0.05, 0) is 48.0 Å². The Kier molecular flexibility index (Phi) is 5.69. The van der Waals surface area contributed by atoms with E-state index in [0.717, 1.165) is 18.2 Å². The monoisotopic (exact) mass is 473 g/mol. The maximum absolute atomic E-state index is 12.9. The van der Waals surface area contributed by atoms with Gasteiger partial charge in [0.15, 0.2) is 0 Å². The number of carbonyl (C=O) groups excluding carboxylic acids is 2. The van der Waals surface area contributed by atoms with E-state index >= 15 is 0 Å². The van der Waals surface area contributed by atoms with Crippen molar-refractivity contribution >= 4 is 45.9 Å². The summed E-state index contributed by atoms with van der Waals surface area (Å²) >= 11 is 5.90. The van der Waals surface area contributed by atoms with Crippen LogP contribution in [0.1, 0.15) is 16.1 Å². The first kappa shape index (κ1) is 22.2. The summed E-state index contributed by atoms with van der Waals surface area (Å²) in [6, 6.07) is 11.8. The lowest BCUT2D eigenvalue weighted by Gasteiger charge is -2.12. The number of rotatable bonds is 4. The van der Waals surface area contributed by atoms with Gasteiger partial charge in [-0.1, -0.05) is 23.7 Å². The number of hydrogen-bond donors (Lipinski definition) is 4. The van der Waals surface area contributed by atoms with Gasteiger partial charge in [-0.15, -0.1) is 0 Å². The predicted octanol–water partition coefficient (Wildman–Crippen LogP) is 5.65. The number of anilines is 2. The molecule has 33 heavy (non-hydrogen) atoms. The van der Waals surface area contributed by atoms with Crippen LogP contribution in [0.15, 0.2) is 60.8 Å². The molecule has 2 aromatic heterocycles. The summed E-state index contributed by atoms with van der Waals surface area (Å²) in [7, 11) is 0. The number of benzene rings is 2. The Hall–Kier alpha value is -4.05. The third kappa shape index (κ3) is 4.60. The van der Waals surface area contributed by atoms with Crippen molar-refractivity contribution in [3.63, 3.8) is 0 Å². The second kappa shape index (κ2) is 8.47. The summed E-state index contributed by atoms with van der Waals surface area (Å²) in [6.45, 7) is 0. The molecule has 0 saturated heterocycles. The van der Waals surface area contributed by atoms with Crippen LogP contribution in [-0.2, 0) is 6.18 Å². The first-order chi connectivity index (χ1) is 15.6. The Morgan fingerprint density at radius 1 is 1.03 bits per heavy atom. The van der Waals surface area contributed by atoms with E-state index in [4.69, 9.17) is 17.3 Å². The first-order valence-corrected chi connectivity index (χ1v) is 9.83. The number of primary amides is 1. The molecule has 7 nitrogen and oxygen atoms in total. The van der Waals surface area contributed by atoms with Gasteiger partial charge in [-0.3, -0.25) is 9.78 Å². The molecule has 11 heteroatoms. The van der Waals surface area contributed by atoms with Crippen molar-refractivity contribution in [2.75, 3.05) is 10.6 Å². The normalized spacial score (nSPS) is 11.4. The lowest BCUT2D eigenvalue weighted by atomic mass is 10.0. The summed E-state index contributed by atoms with van der Waals surface area (Å²) < 4.78 is 38.7. The van der Waals surface area contributed by atoms with Crippen molar-refractivity contribution in [1.82, 2.24) is 9.97 Å². The molecule has 0 bridgehead atoms. The number of aromatic nitrogens is 2. The number of nitrogens with zero attached hydrogens (tertiary/aromatic N) is 1. The summed E-state index contributed by atoms with van der Waals surface area (Å²) in [4.78, 5) is 31.4. The highest BCUT2D eigenvalue weighted by molar-refractivity contribution is 6.33. The molecule has 0 radical (unpaired) electrons. The molecule has 0 aliphatic heterocycles. The van der Waals surface area contributed by atoms with Crippen molar-refractivity contribution < 1.29 is 22.8 Å². The highest BCUT2D eigenvalue weighted by atomic mass is 35.5. The van der Waals surface area contributed by atoms with Crippen LogP contribution < -0.4 is 16.4 Å². The number of nitrogens with two attached hydrogens (primary N) is 1. The Bertz CT molecular complexity index is 1370. The Balaban J connectivity index is 1.55. The summed E-state index contributed by atoms with van der Waals surface area (Å²) in [6.07, 6.45) is -2.99. The minimum Gasteiger partial charge on any atom is -0.364 e. The number of aromatic amines is 1. The van der Waals surface area contributed by atoms with E-state index in [1.165, 1.54) is 0 Å². The van der Waals surface area contributed by atoms with Gasteiger partial charge in [-0.25, -0.2) is 4.79 Å². The van der Waals surface area contributed by atoms with E-state index in [1.54, 1.807) is 42.6 Å². The topological polar surface area (TPSA) is 113 Å². The van der Waals surface area contributed by atoms with Gasteiger partial charge >= 0.3 is 12.2 Å². The van der Waals surface area contributed by atoms with Crippen molar-refractivity contribution in [3.8, 4) is 11.1 Å². The van der Waals surface area contributed by atoms with Crippen molar-refractivity contribution in [2.24, 2.45) is 5.73 Å². The van der Waals surface area contributed by atoms with E-state index in [1.807, 2.05) is 0 Å². The van der Waals surface area contributed by atoms with Crippen LogP contribution in [-0.4, -0.2) is 21.9 Å². The number of pyridine rings is 1. The molecule has 5 N–H and O–H groups in total. The fraction of sp³-hybridized carbons (Fsp3) is 0.0455. The third-order valence-electron chi connectivity index (χ3n) is 4.77. The van der Waals surface area contributed by atoms with E-state index in [9.17, 15) is 22.8 Å². The van der Waals surface area contributed by atoms with Crippen LogP contribution >= 0.6 is 11.6 Å². The highest BCUT2D eigenvalue weighted by Crippen LogP contribution is 2.34. The SMILES string of the molecule is NC(=O)c1[nH]c2cccnc2c1-c1ccc(NC(=O)Nc2cc(C(F)(F)F)ccc2Cl)cc1. The van der Waals surface area contributed by atoms with Crippen molar-refractivity contribution in [1.29, 1.82) is 0 Å². The highest BCUT2D eigenvalue weighted by Gasteiger charge is 2.31. The fourth-order valence-electron chi connectivity index (χ4n) is 3.29. The molecule has 0 aliphatic rings. The van der Waals surface area contributed by atoms with Gasteiger partial charge in [0.2, 0.25) is 0 Å². The van der Waals surface area contributed by atoms with E-state index in [2.05, 4.69) is 20.6 Å². The van der Waals surface area contributed by atoms with Gasteiger partial charge in [0.05, 0.1) is 27.3 Å². The quantitative estimate of drug-likeness (QED) is 0.307. The molecule has 0 spiro atoms. The summed E-state index contributed by atoms with van der Waals surface area (Å²) in [5.74, 6) is -0.650. The molecule has 3 amide bonds. The molecule has 0 aliphatic carbocycles. The number of amides is 3. The zero-order valence-electron chi connectivity index (χ0n) is 16.6. The molecule has 2 aromatic carbocycles. The Labute approximate surface area is 189 Å². The number of carbonyl (C=O) groups is 2. The van der Waals surface area contributed by atoms with E-state index in [-0.39, 0.29) is 16.4 Å². The fourth-order valence-corrected chi connectivity index (χ4v) is 3.45. The number of alkyl halides is 3. The van der Waals surface area contributed by atoms with Gasteiger partial charge in [-0.2, -0.15) is 13.2 Å². The lowest BCUT2D eigenvalue weighted by Crippen LogP contribution is -2.20. The lowest BCUT2D eigenvalue weighted by molar-refractivity contribution is -0.137. The number of hydrogen-bond acceptors (Lipinski definition) is 3. The minimum absolute atomic E-state index is 0.0423. The molecule has 0 saturated carbocycles. The molecule has 4 aromatic rings. The van der Waals surface area contributed by atoms with Crippen LogP contribution in [0.2, 0.25) is 5.02 Å². The number of H-pyrrole nitrogens is 1. The molecule has 4 rings (SSSR count). The van der Waals surface area contributed by atoms with E-state index < -0.39 is 23.7 Å². The van der Waals surface area contributed by atoms with Crippen LogP contribution in [0.5, 0.6) is 0 Å². The minimum atomic E-state index is -4.58. The summed E-state index contributed by atoms with van der Waals surface area (Å²) in [5, 5.41) is 4.78. The maximum Gasteiger partial charge on any atom is 0.416 e. The van der Waals surface area contributed by atoms with E-state index in [0.29, 0.717) is 27.8 Å². The molecule has 0 atom stereocenters. The average Bonchev–Trinajstić information content (AvgIpc) is 3.15. The zero-order chi connectivity index (χ0) is 23.8. The molecule has 2 heterocycles. The number of fused-ring (bicyclic) bond motifs is 1. The van der Waals surface area contributed by atoms with Crippen LogP contribution in [0.25, 0.3) is 22.2 Å². The average molecular weight is 474 g/mol. The maximum atomic E-state index is 12.9. The van der Waals surface area contributed by atoms with Crippen LogP contribution in [0.4, 0.5) is 29.3 Å². The second-order valence-electron chi connectivity index (χ2n) is 6.99. The van der Waals surface area contributed by atoms with Gasteiger partial charge in [0.1, 0.15) is 5.69 Å². The molecule has 0 unspecified atom stereocenters. The molecule has 0 fully saturated rings. The Morgan fingerprint density at radius 2 is 1.76 bits per heavy atom. The zero-order valence-corrected chi connectivity index (χ0v) is 17.4. The third-order valence-corrected chi connectivity index (χ3v) is 5.10. The van der Waals surface area contributed by atoms with Gasteiger partial charge < -0.3 is 21.4 Å².